The largest absolute Gasteiger partial charge is 0.346 e. The monoisotopic (exact) mass is 271 g/mol. The third-order valence-corrected chi connectivity index (χ3v) is 4.16. The van der Waals surface area contributed by atoms with Crippen molar-refractivity contribution in [2.45, 2.75) is 25.9 Å². The van der Waals surface area contributed by atoms with Crippen molar-refractivity contribution < 1.29 is 0 Å². The Balaban J connectivity index is 1.62. The fourth-order valence-electron chi connectivity index (χ4n) is 2.25. The fraction of sp³-hybridized carbons (Fsp3) is 0.267. The number of fused-ring (bicyclic) bond motifs is 1. The van der Waals surface area contributed by atoms with Crippen LogP contribution >= 0.6 is 11.3 Å². The van der Waals surface area contributed by atoms with Crippen LogP contribution in [-0.4, -0.2) is 16.0 Å². The normalized spacial score (nSPS) is 12.9. The number of nitrogens with one attached hydrogen (secondary N) is 2. The van der Waals surface area contributed by atoms with Gasteiger partial charge in [-0.1, -0.05) is 6.07 Å². The average molecular weight is 271 g/mol. The van der Waals surface area contributed by atoms with Gasteiger partial charge in [-0.05, 0) is 42.5 Å². The molecule has 0 radical (unpaired) electrons. The van der Waals surface area contributed by atoms with Crippen LogP contribution in [0.1, 0.15) is 17.4 Å². The van der Waals surface area contributed by atoms with E-state index >= 15 is 0 Å². The number of rotatable bonds is 5. The van der Waals surface area contributed by atoms with Crippen LogP contribution in [0.15, 0.2) is 42.0 Å². The quantitative estimate of drug-likeness (QED) is 0.747. The molecule has 19 heavy (non-hydrogen) atoms. The summed E-state index contributed by atoms with van der Waals surface area (Å²) in [7, 11) is 0. The summed E-state index contributed by atoms with van der Waals surface area (Å²) in [5.74, 6) is 0. The summed E-state index contributed by atoms with van der Waals surface area (Å²) in [6.07, 6.45) is 4.94. The van der Waals surface area contributed by atoms with Crippen molar-refractivity contribution in [1.29, 1.82) is 0 Å². The van der Waals surface area contributed by atoms with Gasteiger partial charge in [0.15, 0.2) is 0 Å². The summed E-state index contributed by atoms with van der Waals surface area (Å²) in [5, 5.41) is 6.91. The van der Waals surface area contributed by atoms with Gasteiger partial charge in [-0.3, -0.25) is 0 Å². The van der Waals surface area contributed by atoms with Crippen LogP contribution in [0.3, 0.4) is 0 Å². The van der Waals surface area contributed by atoms with Gasteiger partial charge in [-0.2, -0.15) is 0 Å². The summed E-state index contributed by atoms with van der Waals surface area (Å²) >= 11 is 1.82. The summed E-state index contributed by atoms with van der Waals surface area (Å²) in [5.41, 5.74) is 2.24. The van der Waals surface area contributed by atoms with Crippen LogP contribution in [0.5, 0.6) is 0 Å². The van der Waals surface area contributed by atoms with Gasteiger partial charge in [0, 0.05) is 35.2 Å². The minimum absolute atomic E-state index is 0.472. The van der Waals surface area contributed by atoms with Crippen molar-refractivity contribution >= 4 is 22.4 Å². The van der Waals surface area contributed by atoms with E-state index in [1.54, 1.807) is 0 Å². The van der Waals surface area contributed by atoms with E-state index in [0.29, 0.717) is 6.04 Å². The van der Waals surface area contributed by atoms with E-state index in [1.807, 2.05) is 29.8 Å². The Morgan fingerprint density at radius 1 is 1.37 bits per heavy atom. The molecule has 3 rings (SSSR count). The molecule has 0 aliphatic rings. The zero-order chi connectivity index (χ0) is 13.1. The van der Waals surface area contributed by atoms with Crippen molar-refractivity contribution in [3.05, 3.63) is 52.5 Å². The lowest BCUT2D eigenvalue weighted by Crippen LogP contribution is -2.27. The highest BCUT2D eigenvalue weighted by atomic mass is 32.1. The first-order valence-electron chi connectivity index (χ1n) is 6.49. The Bertz CT molecular complexity index is 642. The maximum Gasteiger partial charge on any atom is 0.137 e. The van der Waals surface area contributed by atoms with Crippen molar-refractivity contribution in [3.63, 3.8) is 0 Å². The molecule has 0 saturated carbocycles. The minimum atomic E-state index is 0.472. The summed E-state index contributed by atoms with van der Waals surface area (Å²) in [6.45, 7) is 3.10. The van der Waals surface area contributed by atoms with Crippen LogP contribution in [-0.2, 0) is 13.0 Å². The van der Waals surface area contributed by atoms with Gasteiger partial charge >= 0.3 is 0 Å². The number of H-pyrrole nitrogens is 1. The molecule has 98 valence electrons. The lowest BCUT2D eigenvalue weighted by atomic mass is 10.2. The van der Waals surface area contributed by atoms with Crippen molar-refractivity contribution in [1.82, 2.24) is 15.3 Å². The zero-order valence-electron chi connectivity index (χ0n) is 10.9. The number of thiophene rings is 1. The minimum Gasteiger partial charge on any atom is -0.346 e. The van der Waals surface area contributed by atoms with E-state index in [9.17, 15) is 0 Å². The Morgan fingerprint density at radius 3 is 3.16 bits per heavy atom. The Kier molecular flexibility index (Phi) is 3.62. The maximum atomic E-state index is 4.31. The Labute approximate surface area is 116 Å². The number of aromatic nitrogens is 2. The van der Waals surface area contributed by atoms with Crippen LogP contribution in [0, 0.1) is 0 Å². The molecule has 0 aliphatic carbocycles. The summed E-state index contributed by atoms with van der Waals surface area (Å²) in [4.78, 5) is 8.95. The van der Waals surface area contributed by atoms with Gasteiger partial charge in [-0.25, -0.2) is 4.98 Å². The standard InChI is InChI=1S/C15H17N3S/c1-11(8-13-4-3-7-19-13)17-9-12-10-18-15-14(12)5-2-6-16-15/h2-7,10-11,17H,8-9H2,1H3,(H,16,18). The molecule has 3 heterocycles. The molecule has 0 aromatic carbocycles. The van der Waals surface area contributed by atoms with Crippen molar-refractivity contribution in [3.8, 4) is 0 Å². The molecule has 3 aromatic rings. The number of aromatic amines is 1. The molecule has 0 amide bonds. The molecule has 4 heteroatoms. The van der Waals surface area contributed by atoms with Gasteiger partial charge in [0.1, 0.15) is 5.65 Å². The van der Waals surface area contributed by atoms with E-state index in [-0.39, 0.29) is 0 Å². The van der Waals surface area contributed by atoms with Crippen LogP contribution in [0.25, 0.3) is 11.0 Å². The van der Waals surface area contributed by atoms with E-state index in [2.05, 4.69) is 45.8 Å². The second-order valence-corrected chi connectivity index (χ2v) is 5.81. The fourth-order valence-corrected chi connectivity index (χ4v) is 3.08. The molecule has 0 bridgehead atoms. The predicted octanol–water partition coefficient (Wildman–Crippen LogP) is 3.35. The second kappa shape index (κ2) is 5.55. The molecular weight excluding hydrogens is 254 g/mol. The van der Waals surface area contributed by atoms with Gasteiger partial charge in [-0.15, -0.1) is 11.3 Å². The molecule has 3 aromatic heterocycles. The number of nitrogens with zero attached hydrogens (tertiary/aromatic N) is 1. The molecule has 1 atom stereocenters. The lowest BCUT2D eigenvalue weighted by molar-refractivity contribution is 0.550. The second-order valence-electron chi connectivity index (χ2n) is 4.78. The maximum absolute atomic E-state index is 4.31. The average Bonchev–Trinajstić information content (AvgIpc) is 3.05. The Hall–Kier alpha value is -1.65. The van der Waals surface area contributed by atoms with Gasteiger partial charge in [0.25, 0.3) is 0 Å². The highest BCUT2D eigenvalue weighted by Crippen LogP contribution is 2.16. The Morgan fingerprint density at radius 2 is 2.32 bits per heavy atom. The third-order valence-electron chi connectivity index (χ3n) is 3.27. The van der Waals surface area contributed by atoms with E-state index in [0.717, 1.165) is 18.6 Å². The SMILES string of the molecule is CC(Cc1cccs1)NCc1c[nH]c2ncccc12. The smallest absolute Gasteiger partial charge is 0.137 e. The topological polar surface area (TPSA) is 40.7 Å². The highest BCUT2D eigenvalue weighted by Gasteiger charge is 2.07. The van der Waals surface area contributed by atoms with E-state index in [4.69, 9.17) is 0 Å². The number of pyridine rings is 1. The zero-order valence-corrected chi connectivity index (χ0v) is 11.7. The van der Waals surface area contributed by atoms with Crippen molar-refractivity contribution in [2.75, 3.05) is 0 Å². The van der Waals surface area contributed by atoms with Crippen molar-refractivity contribution in [2.24, 2.45) is 0 Å². The molecule has 0 saturated heterocycles. The molecule has 0 spiro atoms. The van der Waals surface area contributed by atoms with Crippen LogP contribution in [0.4, 0.5) is 0 Å². The molecule has 0 fully saturated rings. The molecule has 0 aliphatic heterocycles. The highest BCUT2D eigenvalue weighted by molar-refractivity contribution is 7.09. The predicted molar refractivity (Wildman–Crippen MR) is 80.4 cm³/mol. The first-order chi connectivity index (χ1) is 9.33. The van der Waals surface area contributed by atoms with Crippen LogP contribution < -0.4 is 5.32 Å². The van der Waals surface area contributed by atoms with Gasteiger partial charge in [0.05, 0.1) is 0 Å². The molecule has 1 unspecified atom stereocenters. The van der Waals surface area contributed by atoms with Gasteiger partial charge < -0.3 is 10.3 Å². The lowest BCUT2D eigenvalue weighted by Gasteiger charge is -2.12. The first kappa shape index (κ1) is 12.4. The molecule has 2 N–H and O–H groups in total. The summed E-state index contributed by atoms with van der Waals surface area (Å²) in [6, 6.07) is 8.87. The molecule has 3 nitrogen and oxygen atoms in total. The third kappa shape index (κ3) is 2.85. The summed E-state index contributed by atoms with van der Waals surface area (Å²) < 4.78 is 0. The number of hydrogen-bond donors (Lipinski definition) is 2. The first-order valence-corrected chi connectivity index (χ1v) is 7.37. The molecular formula is C15H17N3S. The van der Waals surface area contributed by atoms with Crippen LogP contribution in [0.2, 0.25) is 0 Å². The van der Waals surface area contributed by atoms with E-state index in [1.165, 1.54) is 15.8 Å². The van der Waals surface area contributed by atoms with Gasteiger partial charge in [0.2, 0.25) is 0 Å². The van der Waals surface area contributed by atoms with E-state index < -0.39 is 0 Å². The number of hydrogen-bond acceptors (Lipinski definition) is 3.